The summed E-state index contributed by atoms with van der Waals surface area (Å²) in [5.41, 5.74) is 5.50. The zero-order valence-electron chi connectivity index (χ0n) is 9.08. The van der Waals surface area contributed by atoms with Gasteiger partial charge in [-0.25, -0.2) is 0 Å². The molecule has 18 heavy (non-hydrogen) atoms. The van der Waals surface area contributed by atoms with Crippen LogP contribution in [0.3, 0.4) is 0 Å². The number of non-ortho nitro benzene ring substituents is 1. The molecule has 0 aromatic heterocycles. The van der Waals surface area contributed by atoms with Crippen LogP contribution in [0.15, 0.2) is 24.3 Å². The van der Waals surface area contributed by atoms with Crippen LogP contribution in [0, 0.1) is 15.5 Å². The maximum absolute atomic E-state index is 11.3. The molecule has 0 saturated carbocycles. The van der Waals surface area contributed by atoms with Crippen LogP contribution in [0.4, 0.5) is 11.4 Å². The highest BCUT2D eigenvalue weighted by molar-refractivity contribution is 8.14. The van der Waals surface area contributed by atoms with Crippen LogP contribution in [0.25, 0.3) is 0 Å². The van der Waals surface area contributed by atoms with Crippen molar-refractivity contribution in [3.05, 3.63) is 34.4 Å². The van der Waals surface area contributed by atoms with E-state index < -0.39 is 4.92 Å². The molecular formula is C9H11ClN4O3S. The molecule has 1 rings (SSSR count). The van der Waals surface area contributed by atoms with Crippen LogP contribution in [-0.4, -0.2) is 21.8 Å². The van der Waals surface area contributed by atoms with E-state index in [1.165, 1.54) is 24.3 Å². The van der Waals surface area contributed by atoms with Crippen LogP contribution in [0.2, 0.25) is 0 Å². The Labute approximate surface area is 113 Å². The summed E-state index contributed by atoms with van der Waals surface area (Å²) in [7, 11) is 0. The number of nitrogens with zero attached hydrogens (tertiary/aromatic N) is 1. The number of nitrogens with one attached hydrogen (secondary N) is 2. The third-order valence-corrected chi connectivity index (χ3v) is 2.44. The molecule has 0 heterocycles. The Balaban J connectivity index is 0.00000289. The van der Waals surface area contributed by atoms with Gasteiger partial charge < -0.3 is 11.1 Å². The highest BCUT2D eigenvalue weighted by Crippen LogP contribution is 2.15. The molecule has 0 saturated heterocycles. The van der Waals surface area contributed by atoms with Crippen LogP contribution < -0.4 is 11.1 Å². The average molecular weight is 291 g/mol. The molecule has 0 aliphatic rings. The number of rotatable bonds is 4. The molecule has 0 fully saturated rings. The van der Waals surface area contributed by atoms with Crippen molar-refractivity contribution in [2.75, 3.05) is 11.1 Å². The van der Waals surface area contributed by atoms with E-state index in [1.54, 1.807) is 0 Å². The summed E-state index contributed by atoms with van der Waals surface area (Å²) < 4.78 is 0. The summed E-state index contributed by atoms with van der Waals surface area (Å²) in [6, 6.07) is 5.48. The van der Waals surface area contributed by atoms with Gasteiger partial charge in [0.2, 0.25) is 5.91 Å². The molecule has 0 atom stereocenters. The van der Waals surface area contributed by atoms with Gasteiger partial charge >= 0.3 is 0 Å². The first kappa shape index (κ1) is 16.2. The van der Waals surface area contributed by atoms with Crippen LogP contribution in [0.1, 0.15) is 0 Å². The van der Waals surface area contributed by atoms with E-state index in [4.69, 9.17) is 11.1 Å². The smallest absolute Gasteiger partial charge is 0.269 e. The zero-order valence-corrected chi connectivity index (χ0v) is 10.7. The molecule has 1 amide bonds. The van der Waals surface area contributed by atoms with Gasteiger partial charge in [-0.1, -0.05) is 11.8 Å². The predicted octanol–water partition coefficient (Wildman–Crippen LogP) is 1.58. The largest absolute Gasteiger partial charge is 0.379 e. The molecule has 1 aromatic carbocycles. The minimum absolute atomic E-state index is 0. The van der Waals surface area contributed by atoms with Crippen molar-refractivity contribution < 1.29 is 9.72 Å². The summed E-state index contributed by atoms with van der Waals surface area (Å²) >= 11 is 0.907. The second-order valence-electron chi connectivity index (χ2n) is 3.01. The van der Waals surface area contributed by atoms with Gasteiger partial charge in [0, 0.05) is 17.8 Å². The van der Waals surface area contributed by atoms with Crippen molar-refractivity contribution in [2.45, 2.75) is 0 Å². The number of halogens is 1. The van der Waals surface area contributed by atoms with Gasteiger partial charge in [0.05, 0.1) is 10.7 Å². The number of amides is 1. The molecule has 7 nitrogen and oxygen atoms in total. The van der Waals surface area contributed by atoms with Crippen LogP contribution >= 0.6 is 24.2 Å². The van der Waals surface area contributed by atoms with E-state index in [0.717, 1.165) is 11.8 Å². The maximum atomic E-state index is 11.3. The first-order chi connectivity index (χ1) is 7.99. The number of nitro groups is 1. The molecule has 0 spiro atoms. The molecule has 98 valence electrons. The number of anilines is 1. The molecule has 0 aliphatic carbocycles. The number of nitro benzene ring substituents is 1. The quantitative estimate of drug-likeness (QED) is 0.336. The Bertz CT molecular complexity index is 452. The fourth-order valence-electron chi connectivity index (χ4n) is 1.01. The van der Waals surface area contributed by atoms with Crippen molar-refractivity contribution >= 4 is 46.6 Å². The topological polar surface area (TPSA) is 122 Å². The van der Waals surface area contributed by atoms with Crippen molar-refractivity contribution in [2.24, 2.45) is 5.73 Å². The normalized spacial score (nSPS) is 9.11. The summed E-state index contributed by atoms with van der Waals surface area (Å²) in [5, 5.41) is 19.7. The Morgan fingerprint density at radius 1 is 1.44 bits per heavy atom. The molecule has 0 aliphatic heterocycles. The number of amidine groups is 1. The molecule has 0 radical (unpaired) electrons. The summed E-state index contributed by atoms with van der Waals surface area (Å²) in [5.74, 6) is -0.286. The lowest BCUT2D eigenvalue weighted by Gasteiger charge is -2.03. The van der Waals surface area contributed by atoms with Crippen molar-refractivity contribution in [1.29, 1.82) is 5.41 Å². The molecule has 9 heteroatoms. The molecule has 4 N–H and O–H groups in total. The SMILES string of the molecule is Cl.N=C(N)SCC(=O)Nc1ccc([N+](=O)[O-])cc1. The van der Waals surface area contributed by atoms with Gasteiger partial charge in [-0.05, 0) is 12.1 Å². The van der Waals surface area contributed by atoms with E-state index in [0.29, 0.717) is 5.69 Å². The predicted molar refractivity (Wildman–Crippen MR) is 73.3 cm³/mol. The van der Waals surface area contributed by atoms with Crippen molar-refractivity contribution in [3.8, 4) is 0 Å². The lowest BCUT2D eigenvalue weighted by Crippen LogP contribution is -2.17. The highest BCUT2D eigenvalue weighted by Gasteiger charge is 2.06. The fourth-order valence-corrected chi connectivity index (χ4v) is 1.37. The third kappa shape index (κ3) is 5.51. The van der Waals surface area contributed by atoms with Gasteiger partial charge in [-0.15, -0.1) is 12.4 Å². The maximum Gasteiger partial charge on any atom is 0.269 e. The van der Waals surface area contributed by atoms with Gasteiger partial charge in [0.25, 0.3) is 5.69 Å². The van der Waals surface area contributed by atoms with Crippen LogP contribution in [-0.2, 0) is 4.79 Å². The minimum Gasteiger partial charge on any atom is -0.379 e. The average Bonchev–Trinajstić information content (AvgIpc) is 2.27. The number of benzene rings is 1. The zero-order chi connectivity index (χ0) is 12.8. The first-order valence-electron chi connectivity index (χ1n) is 4.50. The number of carbonyl (C=O) groups excluding carboxylic acids is 1. The van der Waals surface area contributed by atoms with Gasteiger partial charge in [0.1, 0.15) is 0 Å². The number of nitrogens with two attached hydrogens (primary N) is 1. The van der Waals surface area contributed by atoms with E-state index >= 15 is 0 Å². The second kappa shape index (κ2) is 7.51. The Morgan fingerprint density at radius 3 is 2.44 bits per heavy atom. The lowest BCUT2D eigenvalue weighted by molar-refractivity contribution is -0.384. The fraction of sp³-hybridized carbons (Fsp3) is 0.111. The summed E-state index contributed by atoms with van der Waals surface area (Å²) in [4.78, 5) is 21.2. The van der Waals surface area contributed by atoms with Gasteiger partial charge in [-0.2, -0.15) is 0 Å². The number of hydrogen-bond acceptors (Lipinski definition) is 5. The standard InChI is InChI=1S/C9H10N4O3S.ClH/c10-9(11)17-5-8(14)12-6-1-3-7(4-2-6)13(15)16;/h1-4H,5H2,(H3,10,11)(H,12,14);1H. The Kier molecular flexibility index (Phi) is 6.76. The van der Waals surface area contributed by atoms with Crippen molar-refractivity contribution in [1.82, 2.24) is 0 Å². The van der Waals surface area contributed by atoms with Gasteiger partial charge in [0.15, 0.2) is 5.17 Å². The summed E-state index contributed by atoms with van der Waals surface area (Å²) in [6.45, 7) is 0. The lowest BCUT2D eigenvalue weighted by atomic mass is 10.3. The first-order valence-corrected chi connectivity index (χ1v) is 5.48. The minimum atomic E-state index is -0.517. The molecular weight excluding hydrogens is 280 g/mol. The van der Waals surface area contributed by atoms with Gasteiger partial charge in [-0.3, -0.25) is 20.3 Å². The second-order valence-corrected chi connectivity index (χ2v) is 4.02. The Hall–Kier alpha value is -1.80. The van der Waals surface area contributed by atoms with Crippen LogP contribution in [0.5, 0.6) is 0 Å². The van der Waals surface area contributed by atoms with E-state index in [1.807, 2.05) is 0 Å². The van der Waals surface area contributed by atoms with Crippen molar-refractivity contribution in [3.63, 3.8) is 0 Å². The third-order valence-electron chi connectivity index (χ3n) is 1.72. The van der Waals surface area contributed by atoms with E-state index in [2.05, 4.69) is 5.32 Å². The highest BCUT2D eigenvalue weighted by atomic mass is 35.5. The van der Waals surface area contributed by atoms with E-state index in [-0.39, 0.29) is 34.9 Å². The number of hydrogen-bond donors (Lipinski definition) is 3. The molecule has 0 bridgehead atoms. The number of thioether (sulfide) groups is 1. The Morgan fingerprint density at radius 2 is 2.00 bits per heavy atom. The molecule has 0 unspecified atom stereocenters. The monoisotopic (exact) mass is 290 g/mol. The summed E-state index contributed by atoms with van der Waals surface area (Å²) in [6.07, 6.45) is 0. The number of carbonyl (C=O) groups is 1. The molecule has 1 aromatic rings. The van der Waals surface area contributed by atoms with E-state index in [9.17, 15) is 14.9 Å².